The predicted molar refractivity (Wildman–Crippen MR) is 87.2 cm³/mol. The van der Waals surface area contributed by atoms with Crippen LogP contribution in [0, 0.1) is 12.8 Å². The fraction of sp³-hybridized carbons (Fsp3) is 0.611. The van der Waals surface area contributed by atoms with E-state index in [9.17, 15) is 4.79 Å². The zero-order chi connectivity index (χ0) is 15.6. The second-order valence-corrected chi connectivity index (χ2v) is 7.16. The van der Waals surface area contributed by atoms with Crippen molar-refractivity contribution in [3.05, 3.63) is 35.4 Å². The molecule has 2 rings (SSSR count). The molecule has 3 heteroatoms. The molecule has 1 aliphatic heterocycles. The summed E-state index contributed by atoms with van der Waals surface area (Å²) in [5.41, 5.74) is 8.09. The van der Waals surface area contributed by atoms with E-state index in [1.165, 1.54) is 11.1 Å². The minimum Gasteiger partial charge on any atom is -0.340 e. The second-order valence-electron chi connectivity index (χ2n) is 7.16. The van der Waals surface area contributed by atoms with E-state index in [0.717, 1.165) is 13.0 Å². The van der Waals surface area contributed by atoms with Gasteiger partial charge in [-0.2, -0.15) is 0 Å². The van der Waals surface area contributed by atoms with Crippen LogP contribution in [0.1, 0.15) is 44.7 Å². The van der Waals surface area contributed by atoms with Crippen LogP contribution in [0.15, 0.2) is 24.3 Å². The summed E-state index contributed by atoms with van der Waals surface area (Å²) < 4.78 is 0. The normalized spacial score (nSPS) is 22.6. The molecule has 2 unspecified atom stereocenters. The van der Waals surface area contributed by atoms with E-state index >= 15 is 0 Å². The quantitative estimate of drug-likeness (QED) is 0.926. The van der Waals surface area contributed by atoms with Crippen molar-refractivity contribution < 1.29 is 4.79 Å². The molecule has 0 aromatic heterocycles. The molecule has 21 heavy (non-hydrogen) atoms. The molecule has 1 fully saturated rings. The molecule has 1 amide bonds. The average molecular weight is 288 g/mol. The Hall–Kier alpha value is -1.35. The first-order valence-corrected chi connectivity index (χ1v) is 7.90. The summed E-state index contributed by atoms with van der Waals surface area (Å²) in [5, 5.41) is 0. The molecule has 2 atom stereocenters. The summed E-state index contributed by atoms with van der Waals surface area (Å²) in [6.07, 6.45) is 1.59. The van der Waals surface area contributed by atoms with Crippen molar-refractivity contribution in [2.45, 2.75) is 52.0 Å². The molecule has 116 valence electrons. The fourth-order valence-electron chi connectivity index (χ4n) is 3.25. The molecule has 1 saturated heterocycles. The van der Waals surface area contributed by atoms with Crippen LogP contribution in [0.2, 0.25) is 0 Å². The molecule has 0 radical (unpaired) electrons. The van der Waals surface area contributed by atoms with E-state index in [-0.39, 0.29) is 11.3 Å². The maximum atomic E-state index is 12.7. The Morgan fingerprint density at radius 1 is 1.33 bits per heavy atom. The summed E-state index contributed by atoms with van der Waals surface area (Å²) in [6, 6.07) is 8.83. The largest absolute Gasteiger partial charge is 0.340 e. The lowest BCUT2D eigenvalue weighted by molar-refractivity contribution is -0.133. The van der Waals surface area contributed by atoms with Crippen molar-refractivity contribution in [2.75, 3.05) is 13.1 Å². The van der Waals surface area contributed by atoms with Crippen LogP contribution in [-0.2, 0) is 10.2 Å². The van der Waals surface area contributed by atoms with Gasteiger partial charge in [0.2, 0.25) is 5.91 Å². The van der Waals surface area contributed by atoms with Crippen LogP contribution < -0.4 is 5.73 Å². The number of carbonyl (C=O) groups is 1. The molecule has 0 saturated carbocycles. The van der Waals surface area contributed by atoms with Gasteiger partial charge in [-0.1, -0.05) is 43.7 Å². The highest BCUT2D eigenvalue weighted by atomic mass is 16.2. The molecule has 3 nitrogen and oxygen atoms in total. The number of nitrogens with two attached hydrogens (primary N) is 1. The third kappa shape index (κ3) is 3.65. The van der Waals surface area contributed by atoms with Crippen molar-refractivity contribution in [3.8, 4) is 0 Å². The topological polar surface area (TPSA) is 46.3 Å². The van der Waals surface area contributed by atoms with Gasteiger partial charge in [-0.3, -0.25) is 4.79 Å². The Labute approximate surface area is 128 Å². The van der Waals surface area contributed by atoms with Crippen LogP contribution in [0.5, 0.6) is 0 Å². The van der Waals surface area contributed by atoms with Gasteiger partial charge >= 0.3 is 0 Å². The highest BCUT2D eigenvalue weighted by Crippen LogP contribution is 2.30. The molecule has 1 aromatic carbocycles. The molecule has 1 aliphatic rings. The number of amides is 1. The van der Waals surface area contributed by atoms with E-state index < -0.39 is 0 Å². The van der Waals surface area contributed by atoms with Crippen LogP contribution >= 0.6 is 0 Å². The van der Waals surface area contributed by atoms with E-state index in [1.807, 2.05) is 4.90 Å². The average Bonchev–Trinajstić information content (AvgIpc) is 2.80. The van der Waals surface area contributed by atoms with Crippen molar-refractivity contribution in [2.24, 2.45) is 11.7 Å². The van der Waals surface area contributed by atoms with Gasteiger partial charge in [0.1, 0.15) is 0 Å². The minimum absolute atomic E-state index is 0.134. The fourth-order valence-corrected chi connectivity index (χ4v) is 3.25. The minimum atomic E-state index is -0.134. The number of benzene rings is 1. The third-order valence-corrected chi connectivity index (χ3v) is 4.74. The summed E-state index contributed by atoms with van der Waals surface area (Å²) in [5.74, 6) is 0.718. The van der Waals surface area contributed by atoms with E-state index in [2.05, 4.69) is 52.0 Å². The molecule has 0 bridgehead atoms. The lowest BCUT2D eigenvalue weighted by atomic mass is 9.81. The Morgan fingerprint density at radius 2 is 1.95 bits per heavy atom. The van der Waals surface area contributed by atoms with Gasteiger partial charge in [0, 0.05) is 19.0 Å². The van der Waals surface area contributed by atoms with Gasteiger partial charge in [-0.25, -0.2) is 0 Å². The van der Waals surface area contributed by atoms with Gasteiger partial charge in [-0.15, -0.1) is 0 Å². The van der Waals surface area contributed by atoms with E-state index in [4.69, 9.17) is 5.73 Å². The molecule has 1 aromatic rings. The summed E-state index contributed by atoms with van der Waals surface area (Å²) in [4.78, 5) is 14.7. The second kappa shape index (κ2) is 6.18. The maximum absolute atomic E-state index is 12.7. The standard InChI is InChI=1S/C18H28N2O/c1-13-5-7-16(8-6-13)18(3,4)10-17(21)20-12-15(11-19)9-14(20)2/h5-8,14-15H,9-12,19H2,1-4H3. The van der Waals surface area contributed by atoms with Gasteiger partial charge in [-0.05, 0) is 43.7 Å². The van der Waals surface area contributed by atoms with Crippen molar-refractivity contribution >= 4 is 5.91 Å². The SMILES string of the molecule is Cc1ccc(C(C)(C)CC(=O)N2CC(CN)CC2C)cc1. The molecular weight excluding hydrogens is 260 g/mol. The highest BCUT2D eigenvalue weighted by molar-refractivity contribution is 5.78. The van der Waals surface area contributed by atoms with Gasteiger partial charge in [0.25, 0.3) is 0 Å². The first-order chi connectivity index (χ1) is 9.83. The number of rotatable bonds is 4. The van der Waals surface area contributed by atoms with E-state index in [0.29, 0.717) is 24.9 Å². The van der Waals surface area contributed by atoms with Gasteiger partial charge in [0.05, 0.1) is 0 Å². The van der Waals surface area contributed by atoms with E-state index in [1.54, 1.807) is 0 Å². The Bertz CT molecular complexity index is 492. The maximum Gasteiger partial charge on any atom is 0.223 e. The number of hydrogen-bond donors (Lipinski definition) is 1. The van der Waals surface area contributed by atoms with Crippen LogP contribution in [0.25, 0.3) is 0 Å². The summed E-state index contributed by atoms with van der Waals surface area (Å²) in [7, 11) is 0. The van der Waals surface area contributed by atoms with Crippen molar-refractivity contribution in [1.82, 2.24) is 4.90 Å². The molecular formula is C18H28N2O. The molecule has 2 N–H and O–H groups in total. The number of likely N-dealkylation sites (tertiary alicyclic amines) is 1. The predicted octanol–water partition coefficient (Wildman–Crippen LogP) is 2.86. The van der Waals surface area contributed by atoms with Gasteiger partial charge < -0.3 is 10.6 Å². The highest BCUT2D eigenvalue weighted by Gasteiger charge is 2.34. The van der Waals surface area contributed by atoms with Gasteiger partial charge in [0.15, 0.2) is 0 Å². The van der Waals surface area contributed by atoms with Crippen LogP contribution in [-0.4, -0.2) is 29.9 Å². The molecule has 1 heterocycles. The van der Waals surface area contributed by atoms with Crippen LogP contribution in [0.3, 0.4) is 0 Å². The Morgan fingerprint density at radius 3 is 2.48 bits per heavy atom. The third-order valence-electron chi connectivity index (χ3n) is 4.74. The monoisotopic (exact) mass is 288 g/mol. The first-order valence-electron chi connectivity index (χ1n) is 7.90. The number of carbonyl (C=O) groups excluding carboxylic acids is 1. The smallest absolute Gasteiger partial charge is 0.223 e. The molecule has 0 spiro atoms. The number of hydrogen-bond acceptors (Lipinski definition) is 2. The lowest BCUT2D eigenvalue weighted by Gasteiger charge is -2.29. The number of aryl methyl sites for hydroxylation is 1. The summed E-state index contributed by atoms with van der Waals surface area (Å²) in [6.45, 7) is 10.0. The summed E-state index contributed by atoms with van der Waals surface area (Å²) >= 11 is 0. The first kappa shape index (κ1) is 16.0. The van der Waals surface area contributed by atoms with Crippen molar-refractivity contribution in [1.29, 1.82) is 0 Å². The molecule has 0 aliphatic carbocycles. The zero-order valence-electron chi connectivity index (χ0n) is 13.7. The van der Waals surface area contributed by atoms with Crippen molar-refractivity contribution in [3.63, 3.8) is 0 Å². The lowest BCUT2D eigenvalue weighted by Crippen LogP contribution is -2.38. The Balaban J connectivity index is 2.06. The van der Waals surface area contributed by atoms with Crippen LogP contribution in [0.4, 0.5) is 0 Å². The number of nitrogens with zero attached hydrogens (tertiary/aromatic N) is 1. The Kier molecular flexibility index (Phi) is 4.72. The zero-order valence-corrected chi connectivity index (χ0v) is 13.7.